The van der Waals surface area contributed by atoms with Crippen LogP contribution in [0.3, 0.4) is 0 Å². The van der Waals surface area contributed by atoms with Gasteiger partial charge in [0.1, 0.15) is 0 Å². The molecule has 1 aliphatic rings. The number of hydrogen-bond acceptors (Lipinski definition) is 6. The summed E-state index contributed by atoms with van der Waals surface area (Å²) >= 11 is 7.34. The van der Waals surface area contributed by atoms with Crippen LogP contribution in [0.2, 0.25) is 5.02 Å². The van der Waals surface area contributed by atoms with Crippen molar-refractivity contribution in [3.63, 3.8) is 0 Å². The maximum atomic E-state index is 12.8. The fraction of sp³-hybridized carbons (Fsp3) is 0.318. The molecule has 0 saturated carbocycles. The van der Waals surface area contributed by atoms with Gasteiger partial charge in [-0.25, -0.2) is 8.42 Å². The number of nitrogens with zero attached hydrogens (tertiary/aromatic N) is 4. The molecule has 0 unspecified atom stereocenters. The minimum Gasteiger partial charge on any atom is -0.341 e. The molecule has 3 aromatic rings. The van der Waals surface area contributed by atoms with Crippen LogP contribution in [0.5, 0.6) is 0 Å². The molecule has 2 aromatic carbocycles. The Morgan fingerprint density at radius 3 is 2.47 bits per heavy atom. The topological polar surface area (TPSA) is 85.2 Å². The molecule has 1 atom stereocenters. The van der Waals surface area contributed by atoms with Gasteiger partial charge in [-0.1, -0.05) is 53.2 Å². The highest BCUT2D eigenvalue weighted by Crippen LogP contribution is 2.29. The molecule has 7 nitrogen and oxygen atoms in total. The van der Waals surface area contributed by atoms with Crippen molar-refractivity contribution < 1.29 is 13.2 Å². The third kappa shape index (κ3) is 5.00. The number of aryl methyl sites for hydroxylation is 1. The van der Waals surface area contributed by atoms with Gasteiger partial charge in [0.2, 0.25) is 5.91 Å². The maximum absolute atomic E-state index is 12.8. The van der Waals surface area contributed by atoms with Crippen LogP contribution in [0, 0.1) is 6.92 Å². The molecule has 168 valence electrons. The molecular weight excluding hydrogens is 468 g/mol. The summed E-state index contributed by atoms with van der Waals surface area (Å²) in [4.78, 5) is 14.3. The van der Waals surface area contributed by atoms with Gasteiger partial charge >= 0.3 is 0 Å². The summed E-state index contributed by atoms with van der Waals surface area (Å²) in [6.45, 7) is 2.02. The zero-order valence-corrected chi connectivity index (χ0v) is 20.1. The number of thioether (sulfide) groups is 1. The third-order valence-electron chi connectivity index (χ3n) is 5.50. The summed E-state index contributed by atoms with van der Waals surface area (Å²) < 4.78 is 25.4. The molecule has 1 aliphatic heterocycles. The number of amides is 1. The predicted octanol–water partition coefficient (Wildman–Crippen LogP) is 3.63. The van der Waals surface area contributed by atoms with Gasteiger partial charge < -0.3 is 4.90 Å². The Balaban J connectivity index is 1.59. The zero-order chi connectivity index (χ0) is 22.9. The monoisotopic (exact) mass is 490 g/mol. The van der Waals surface area contributed by atoms with E-state index < -0.39 is 9.84 Å². The van der Waals surface area contributed by atoms with Gasteiger partial charge in [0.25, 0.3) is 0 Å². The van der Waals surface area contributed by atoms with E-state index >= 15 is 0 Å². The van der Waals surface area contributed by atoms with Crippen LogP contribution in [0.15, 0.2) is 53.7 Å². The maximum Gasteiger partial charge on any atom is 0.233 e. The number of hydrogen-bond donors (Lipinski definition) is 0. The molecule has 0 bridgehead atoms. The summed E-state index contributed by atoms with van der Waals surface area (Å²) in [6, 6.07) is 15.1. The van der Waals surface area contributed by atoms with E-state index in [0.717, 1.165) is 16.8 Å². The van der Waals surface area contributed by atoms with Crippen LogP contribution in [0.1, 0.15) is 12.0 Å². The van der Waals surface area contributed by atoms with Crippen LogP contribution >= 0.6 is 23.4 Å². The van der Waals surface area contributed by atoms with E-state index in [1.165, 1.54) is 11.8 Å². The van der Waals surface area contributed by atoms with Crippen molar-refractivity contribution in [2.45, 2.75) is 24.5 Å². The van der Waals surface area contributed by atoms with E-state index in [0.29, 0.717) is 22.4 Å². The second kappa shape index (κ2) is 9.25. The molecule has 1 saturated heterocycles. The lowest BCUT2D eigenvalue weighted by atomic mass is 10.1. The number of carbonyl (C=O) groups excluding carboxylic acids is 1. The molecule has 1 amide bonds. The fourth-order valence-corrected chi connectivity index (χ4v) is 6.36. The standard InChI is InChI=1S/C22H23ClN4O3S2/c1-15-3-5-16(6-4-15)21-24-25-22(27(21)18-9-7-17(23)8-10-18)31-13-20(28)26(2)19-11-12-32(29,30)14-19/h3-10,19H,11-14H2,1-2H3/t19-/m0/s1. The Morgan fingerprint density at radius 2 is 1.84 bits per heavy atom. The van der Waals surface area contributed by atoms with Crippen molar-refractivity contribution in [1.29, 1.82) is 0 Å². The van der Waals surface area contributed by atoms with Gasteiger partial charge in [0.15, 0.2) is 20.8 Å². The summed E-state index contributed by atoms with van der Waals surface area (Å²) in [5, 5.41) is 9.93. The normalized spacial score (nSPS) is 17.4. The van der Waals surface area contributed by atoms with Crippen LogP contribution in [0.4, 0.5) is 0 Å². The average Bonchev–Trinajstić information content (AvgIpc) is 3.35. The van der Waals surface area contributed by atoms with Crippen LogP contribution in [-0.4, -0.2) is 64.3 Å². The van der Waals surface area contributed by atoms with Crippen molar-refractivity contribution in [1.82, 2.24) is 19.7 Å². The average molecular weight is 491 g/mol. The van der Waals surface area contributed by atoms with E-state index in [-0.39, 0.29) is 29.2 Å². The van der Waals surface area contributed by atoms with E-state index in [1.54, 1.807) is 24.1 Å². The lowest BCUT2D eigenvalue weighted by Gasteiger charge is -2.23. The van der Waals surface area contributed by atoms with Gasteiger partial charge in [0, 0.05) is 29.4 Å². The first-order valence-electron chi connectivity index (χ1n) is 10.1. The SMILES string of the molecule is Cc1ccc(-c2nnc(SCC(=O)N(C)[C@H]3CCS(=O)(=O)C3)n2-c2ccc(Cl)cc2)cc1. The van der Waals surface area contributed by atoms with E-state index in [9.17, 15) is 13.2 Å². The summed E-state index contributed by atoms with van der Waals surface area (Å²) in [6.07, 6.45) is 0.480. The largest absolute Gasteiger partial charge is 0.341 e. The first-order valence-corrected chi connectivity index (χ1v) is 13.3. The van der Waals surface area contributed by atoms with Crippen LogP contribution < -0.4 is 0 Å². The van der Waals surface area contributed by atoms with Gasteiger partial charge in [-0.15, -0.1) is 10.2 Å². The van der Waals surface area contributed by atoms with E-state index in [2.05, 4.69) is 10.2 Å². The molecule has 0 radical (unpaired) electrons. The molecule has 2 heterocycles. The highest BCUT2D eigenvalue weighted by Gasteiger charge is 2.32. The van der Waals surface area contributed by atoms with Crippen LogP contribution in [0.25, 0.3) is 17.1 Å². The number of aromatic nitrogens is 3. The van der Waals surface area contributed by atoms with E-state index in [1.807, 2.05) is 47.9 Å². The number of sulfone groups is 1. The van der Waals surface area contributed by atoms with Gasteiger partial charge in [-0.05, 0) is 37.6 Å². The Labute approximate surface area is 196 Å². The second-order valence-electron chi connectivity index (χ2n) is 7.83. The molecule has 10 heteroatoms. The first-order chi connectivity index (χ1) is 15.2. The molecule has 4 rings (SSSR count). The second-order valence-corrected chi connectivity index (χ2v) is 11.4. The number of rotatable bonds is 6. The first kappa shape index (κ1) is 22.8. The van der Waals surface area contributed by atoms with Crippen molar-refractivity contribution in [2.75, 3.05) is 24.3 Å². The van der Waals surface area contributed by atoms with Crippen molar-refractivity contribution >= 4 is 39.1 Å². The fourth-order valence-electron chi connectivity index (χ4n) is 3.59. The Kier molecular flexibility index (Phi) is 6.60. The molecular formula is C22H23ClN4O3S2. The van der Waals surface area contributed by atoms with Crippen molar-refractivity contribution in [2.24, 2.45) is 0 Å². The predicted molar refractivity (Wildman–Crippen MR) is 127 cm³/mol. The lowest BCUT2D eigenvalue weighted by molar-refractivity contribution is -0.128. The Morgan fingerprint density at radius 1 is 1.16 bits per heavy atom. The molecule has 32 heavy (non-hydrogen) atoms. The summed E-state index contributed by atoms with van der Waals surface area (Å²) in [5.41, 5.74) is 2.88. The molecule has 1 fully saturated rings. The Bertz CT molecular complexity index is 1230. The van der Waals surface area contributed by atoms with Gasteiger partial charge in [-0.3, -0.25) is 9.36 Å². The highest BCUT2D eigenvalue weighted by molar-refractivity contribution is 7.99. The zero-order valence-electron chi connectivity index (χ0n) is 17.7. The molecule has 0 aliphatic carbocycles. The van der Waals surface area contributed by atoms with E-state index in [4.69, 9.17) is 11.6 Å². The number of benzene rings is 2. The quantitative estimate of drug-likeness (QED) is 0.490. The smallest absolute Gasteiger partial charge is 0.233 e. The third-order valence-corrected chi connectivity index (χ3v) is 8.42. The number of carbonyl (C=O) groups is 1. The number of halogens is 1. The molecule has 1 aromatic heterocycles. The summed E-state index contributed by atoms with van der Waals surface area (Å²) in [7, 11) is -1.39. The van der Waals surface area contributed by atoms with Gasteiger partial charge in [-0.2, -0.15) is 0 Å². The summed E-state index contributed by atoms with van der Waals surface area (Å²) in [5.74, 6) is 0.815. The van der Waals surface area contributed by atoms with Crippen LogP contribution in [-0.2, 0) is 14.6 Å². The van der Waals surface area contributed by atoms with Crippen molar-refractivity contribution in [3.8, 4) is 17.1 Å². The van der Waals surface area contributed by atoms with Crippen molar-refractivity contribution in [3.05, 3.63) is 59.1 Å². The lowest BCUT2D eigenvalue weighted by Crippen LogP contribution is -2.38. The minimum atomic E-state index is -3.06. The highest BCUT2D eigenvalue weighted by atomic mass is 35.5. The Hall–Kier alpha value is -2.36. The molecule has 0 N–H and O–H groups in total. The molecule has 0 spiro atoms. The minimum absolute atomic E-state index is 0.0262. The van der Waals surface area contributed by atoms with Gasteiger partial charge in [0.05, 0.1) is 17.3 Å².